The Morgan fingerprint density at radius 3 is 2.04 bits per heavy atom. The Labute approximate surface area is 141 Å². The van der Waals surface area contributed by atoms with Crippen LogP contribution in [0.3, 0.4) is 0 Å². The highest BCUT2D eigenvalue weighted by atomic mass is 32.2. The van der Waals surface area contributed by atoms with Crippen molar-refractivity contribution >= 4 is 16.0 Å². The zero-order chi connectivity index (χ0) is 17.1. The highest BCUT2D eigenvalue weighted by Crippen LogP contribution is 2.22. The van der Waals surface area contributed by atoms with Gasteiger partial charge in [0.15, 0.2) is 0 Å². The molecule has 0 aliphatic carbocycles. The van der Waals surface area contributed by atoms with Gasteiger partial charge in [-0.05, 0) is 19.3 Å². The smallest absolute Gasteiger partial charge is 0.322 e. The number of carboxylic acids is 1. The van der Waals surface area contributed by atoms with Crippen molar-refractivity contribution < 1.29 is 18.3 Å². The maximum atomic E-state index is 12.2. The van der Waals surface area contributed by atoms with Gasteiger partial charge < -0.3 is 5.11 Å². The molecular weight excluding hydrogens is 314 g/mol. The number of sulfonamides is 1. The van der Waals surface area contributed by atoms with Gasteiger partial charge in [-0.15, -0.1) is 0 Å². The van der Waals surface area contributed by atoms with Crippen molar-refractivity contribution in [1.82, 2.24) is 4.31 Å². The summed E-state index contributed by atoms with van der Waals surface area (Å²) in [5, 5.41) is 9.09. The summed E-state index contributed by atoms with van der Waals surface area (Å²) in [6.07, 6.45) is 12.7. The van der Waals surface area contributed by atoms with Gasteiger partial charge in [-0.3, -0.25) is 4.79 Å². The van der Waals surface area contributed by atoms with Gasteiger partial charge in [0.05, 0.1) is 5.75 Å². The van der Waals surface area contributed by atoms with E-state index in [-0.39, 0.29) is 5.75 Å². The van der Waals surface area contributed by atoms with E-state index in [0.29, 0.717) is 25.8 Å². The van der Waals surface area contributed by atoms with Crippen molar-refractivity contribution in [2.75, 3.05) is 12.3 Å². The molecule has 1 aliphatic heterocycles. The van der Waals surface area contributed by atoms with Gasteiger partial charge in [-0.2, -0.15) is 4.31 Å². The molecule has 1 unspecified atom stereocenters. The highest BCUT2D eigenvalue weighted by Gasteiger charge is 2.38. The summed E-state index contributed by atoms with van der Waals surface area (Å²) in [6, 6.07) is -0.844. The molecule has 0 aromatic rings. The Balaban J connectivity index is 2.11. The fourth-order valence-electron chi connectivity index (χ4n) is 3.21. The van der Waals surface area contributed by atoms with Crippen LogP contribution in [0.25, 0.3) is 0 Å². The minimum absolute atomic E-state index is 0.0906. The van der Waals surface area contributed by atoms with Crippen LogP contribution in [-0.2, 0) is 14.8 Å². The van der Waals surface area contributed by atoms with E-state index in [1.807, 2.05) is 0 Å². The van der Waals surface area contributed by atoms with Gasteiger partial charge in [0, 0.05) is 6.54 Å². The molecule has 0 aromatic carbocycles. The first kappa shape index (κ1) is 20.4. The predicted octanol–water partition coefficient (Wildman–Crippen LogP) is 3.79. The van der Waals surface area contributed by atoms with Crippen LogP contribution < -0.4 is 0 Å². The first-order valence-corrected chi connectivity index (χ1v) is 10.8. The average molecular weight is 348 g/mol. The zero-order valence-electron chi connectivity index (χ0n) is 14.5. The van der Waals surface area contributed by atoms with Crippen LogP contribution >= 0.6 is 0 Å². The summed E-state index contributed by atoms with van der Waals surface area (Å²) in [6.45, 7) is 2.58. The molecule has 5 nitrogen and oxygen atoms in total. The molecule has 1 rings (SSSR count). The lowest BCUT2D eigenvalue weighted by molar-refractivity contribution is -0.140. The molecule has 0 aromatic heterocycles. The Kier molecular flexibility index (Phi) is 9.79. The molecule has 1 atom stereocenters. The van der Waals surface area contributed by atoms with Crippen molar-refractivity contribution in [2.45, 2.75) is 90.0 Å². The van der Waals surface area contributed by atoms with Crippen molar-refractivity contribution in [1.29, 1.82) is 0 Å². The summed E-state index contributed by atoms with van der Waals surface area (Å²) in [5.41, 5.74) is 0. The normalized spacial score (nSPS) is 19.3. The SMILES string of the molecule is CCCCCCCCCCCCS(=O)(=O)N1CCCC1C(=O)O. The van der Waals surface area contributed by atoms with E-state index in [1.165, 1.54) is 49.3 Å². The van der Waals surface area contributed by atoms with Crippen LogP contribution in [0.5, 0.6) is 0 Å². The molecule has 1 saturated heterocycles. The number of unbranched alkanes of at least 4 members (excludes halogenated alkanes) is 9. The van der Waals surface area contributed by atoms with Crippen molar-refractivity contribution in [3.8, 4) is 0 Å². The van der Waals surface area contributed by atoms with E-state index in [1.54, 1.807) is 0 Å². The van der Waals surface area contributed by atoms with Crippen LogP contribution in [0.2, 0.25) is 0 Å². The monoisotopic (exact) mass is 347 g/mol. The number of nitrogens with zero attached hydrogens (tertiary/aromatic N) is 1. The topological polar surface area (TPSA) is 74.7 Å². The lowest BCUT2D eigenvalue weighted by atomic mass is 10.1. The number of aliphatic carboxylic acids is 1. The molecule has 23 heavy (non-hydrogen) atoms. The largest absolute Gasteiger partial charge is 0.480 e. The minimum atomic E-state index is -3.41. The van der Waals surface area contributed by atoms with E-state index in [2.05, 4.69) is 6.92 Å². The number of rotatable bonds is 13. The molecule has 0 bridgehead atoms. The molecule has 1 heterocycles. The lowest BCUT2D eigenvalue weighted by Crippen LogP contribution is -2.41. The first-order valence-electron chi connectivity index (χ1n) is 9.21. The van der Waals surface area contributed by atoms with Crippen LogP contribution in [0, 0.1) is 0 Å². The summed E-state index contributed by atoms with van der Waals surface area (Å²) < 4.78 is 25.7. The maximum Gasteiger partial charge on any atom is 0.322 e. The van der Waals surface area contributed by atoms with Crippen LogP contribution in [0.1, 0.15) is 84.0 Å². The summed E-state index contributed by atoms with van der Waals surface area (Å²) in [7, 11) is -3.41. The molecule has 0 saturated carbocycles. The van der Waals surface area contributed by atoms with Gasteiger partial charge in [0.1, 0.15) is 6.04 Å². The molecule has 6 heteroatoms. The second kappa shape index (κ2) is 11.0. The van der Waals surface area contributed by atoms with E-state index >= 15 is 0 Å². The van der Waals surface area contributed by atoms with Crippen LogP contribution in [-0.4, -0.2) is 42.1 Å². The quantitative estimate of drug-likeness (QED) is 0.514. The van der Waals surface area contributed by atoms with Gasteiger partial charge >= 0.3 is 5.97 Å². The minimum Gasteiger partial charge on any atom is -0.480 e. The van der Waals surface area contributed by atoms with E-state index in [0.717, 1.165) is 12.8 Å². The summed E-state index contributed by atoms with van der Waals surface area (Å²) in [4.78, 5) is 11.1. The van der Waals surface area contributed by atoms with Crippen LogP contribution in [0.4, 0.5) is 0 Å². The Morgan fingerprint density at radius 1 is 1.00 bits per heavy atom. The summed E-state index contributed by atoms with van der Waals surface area (Å²) in [5.74, 6) is -0.929. The van der Waals surface area contributed by atoms with Crippen molar-refractivity contribution in [3.05, 3.63) is 0 Å². The third kappa shape index (κ3) is 7.66. The standard InChI is InChI=1S/C17H33NO4S/c1-2-3-4-5-6-7-8-9-10-11-15-23(21,22)18-14-12-13-16(18)17(19)20/h16H,2-15H2,1H3,(H,19,20). The molecular formula is C17H33NO4S. The molecule has 0 amide bonds. The molecule has 1 fully saturated rings. The second-order valence-corrected chi connectivity index (χ2v) is 8.65. The predicted molar refractivity (Wildman–Crippen MR) is 93.0 cm³/mol. The van der Waals surface area contributed by atoms with E-state index < -0.39 is 22.0 Å². The highest BCUT2D eigenvalue weighted by molar-refractivity contribution is 7.89. The Bertz CT molecular complexity index is 436. The first-order chi connectivity index (χ1) is 11.0. The van der Waals surface area contributed by atoms with Crippen LogP contribution in [0.15, 0.2) is 0 Å². The molecule has 0 spiro atoms. The van der Waals surface area contributed by atoms with E-state index in [4.69, 9.17) is 5.11 Å². The Morgan fingerprint density at radius 2 is 1.52 bits per heavy atom. The third-order valence-electron chi connectivity index (χ3n) is 4.60. The van der Waals surface area contributed by atoms with Crippen molar-refractivity contribution in [3.63, 3.8) is 0 Å². The molecule has 136 valence electrons. The second-order valence-electron chi connectivity index (χ2n) is 6.60. The zero-order valence-corrected chi connectivity index (χ0v) is 15.3. The average Bonchev–Trinajstić information content (AvgIpc) is 3.00. The van der Waals surface area contributed by atoms with Gasteiger partial charge in [-0.25, -0.2) is 8.42 Å². The van der Waals surface area contributed by atoms with Crippen molar-refractivity contribution in [2.24, 2.45) is 0 Å². The molecule has 0 radical (unpaired) electrons. The van der Waals surface area contributed by atoms with Gasteiger partial charge in [-0.1, -0.05) is 64.7 Å². The number of hydrogen-bond donors (Lipinski definition) is 1. The number of hydrogen-bond acceptors (Lipinski definition) is 3. The van der Waals surface area contributed by atoms with Gasteiger partial charge in [0.2, 0.25) is 10.0 Å². The third-order valence-corrected chi connectivity index (χ3v) is 6.56. The van der Waals surface area contributed by atoms with E-state index in [9.17, 15) is 13.2 Å². The number of carboxylic acid groups (broad SMARTS) is 1. The maximum absolute atomic E-state index is 12.2. The fraction of sp³-hybridized carbons (Fsp3) is 0.941. The molecule has 1 N–H and O–H groups in total. The Hall–Kier alpha value is -0.620. The summed E-state index contributed by atoms with van der Waals surface area (Å²) >= 11 is 0. The molecule has 1 aliphatic rings. The lowest BCUT2D eigenvalue weighted by Gasteiger charge is -2.20. The fourth-order valence-corrected chi connectivity index (χ4v) is 5.00. The number of carbonyl (C=O) groups is 1. The van der Waals surface area contributed by atoms with Gasteiger partial charge in [0.25, 0.3) is 0 Å².